The highest BCUT2D eigenvalue weighted by molar-refractivity contribution is 6.30. The van der Waals surface area contributed by atoms with Gasteiger partial charge in [0.25, 0.3) is 5.91 Å². The Morgan fingerprint density at radius 3 is 2.45 bits per heavy atom. The second-order valence-corrected chi connectivity index (χ2v) is 10.2. The Labute approximate surface area is 238 Å². The third-order valence-electron chi connectivity index (χ3n) is 6.95. The molecule has 5 nitrogen and oxygen atoms in total. The van der Waals surface area contributed by atoms with E-state index >= 15 is 0 Å². The fourth-order valence-corrected chi connectivity index (χ4v) is 5.11. The summed E-state index contributed by atoms with van der Waals surface area (Å²) in [4.78, 5) is 17.8. The van der Waals surface area contributed by atoms with Crippen LogP contribution in [-0.2, 0) is 19.6 Å². The van der Waals surface area contributed by atoms with Crippen molar-refractivity contribution in [3.63, 3.8) is 0 Å². The first-order valence-corrected chi connectivity index (χ1v) is 13.7. The Hall–Kier alpha value is -4.61. The van der Waals surface area contributed by atoms with Gasteiger partial charge in [-0.1, -0.05) is 84.4 Å². The Kier molecular flexibility index (Phi) is 7.47. The average Bonchev–Trinajstić information content (AvgIpc) is 3.32. The molecule has 0 spiro atoms. The summed E-state index contributed by atoms with van der Waals surface area (Å²) in [6, 6.07) is 37.9. The summed E-state index contributed by atoms with van der Waals surface area (Å²) in [6.07, 6.45) is 0.777. The molecule has 198 valence electrons. The first-order valence-electron chi connectivity index (χ1n) is 13.3. The fourth-order valence-electron chi connectivity index (χ4n) is 4.90. The zero-order chi connectivity index (χ0) is 27.3. The van der Waals surface area contributed by atoms with Crippen LogP contribution in [0.15, 0.2) is 115 Å². The number of aromatic nitrogens is 2. The van der Waals surface area contributed by atoms with Gasteiger partial charge in [0.05, 0.1) is 11.0 Å². The van der Waals surface area contributed by atoms with Gasteiger partial charge >= 0.3 is 0 Å². The lowest BCUT2D eigenvalue weighted by atomic mass is 10.1. The van der Waals surface area contributed by atoms with Gasteiger partial charge in [0.2, 0.25) is 0 Å². The van der Waals surface area contributed by atoms with Crippen LogP contribution in [0, 0.1) is 0 Å². The highest BCUT2D eigenvalue weighted by Crippen LogP contribution is 2.24. The van der Waals surface area contributed by atoms with Gasteiger partial charge in [0.15, 0.2) is 0 Å². The molecule has 0 atom stereocenters. The number of nitrogens with one attached hydrogen (secondary N) is 1. The summed E-state index contributed by atoms with van der Waals surface area (Å²) in [7, 11) is 0. The SMILES string of the molecule is O=C(NCCc1ccccc1)c1ccc2c(c1)nc(COc1ccc3ccccc3c1)n2Cc1cccc(Cl)c1. The lowest BCUT2D eigenvalue weighted by molar-refractivity contribution is 0.0954. The molecule has 1 N–H and O–H groups in total. The molecule has 1 amide bonds. The number of fused-ring (bicyclic) bond motifs is 2. The van der Waals surface area contributed by atoms with Crippen LogP contribution in [-0.4, -0.2) is 22.0 Å². The Morgan fingerprint density at radius 2 is 1.60 bits per heavy atom. The number of hydrogen-bond donors (Lipinski definition) is 1. The summed E-state index contributed by atoms with van der Waals surface area (Å²) < 4.78 is 8.34. The van der Waals surface area contributed by atoms with Crippen molar-refractivity contribution in [1.82, 2.24) is 14.9 Å². The molecule has 0 bridgehead atoms. The van der Waals surface area contributed by atoms with Crippen LogP contribution < -0.4 is 10.1 Å². The maximum absolute atomic E-state index is 12.9. The minimum absolute atomic E-state index is 0.115. The largest absolute Gasteiger partial charge is 0.486 e. The number of imidazole rings is 1. The first-order chi connectivity index (χ1) is 19.6. The predicted molar refractivity (Wildman–Crippen MR) is 161 cm³/mol. The van der Waals surface area contributed by atoms with Crippen LogP contribution in [0.1, 0.15) is 27.3 Å². The van der Waals surface area contributed by atoms with Crippen molar-refractivity contribution in [2.24, 2.45) is 0 Å². The number of hydrogen-bond acceptors (Lipinski definition) is 3. The predicted octanol–water partition coefficient (Wildman–Crippen LogP) is 7.44. The molecule has 0 saturated carbocycles. The van der Waals surface area contributed by atoms with Crippen LogP contribution in [0.2, 0.25) is 5.02 Å². The summed E-state index contributed by atoms with van der Waals surface area (Å²) >= 11 is 6.27. The number of amides is 1. The van der Waals surface area contributed by atoms with Crippen molar-refractivity contribution >= 4 is 39.3 Å². The number of halogens is 1. The van der Waals surface area contributed by atoms with Crippen LogP contribution in [0.3, 0.4) is 0 Å². The average molecular weight is 546 g/mol. The molecule has 6 aromatic rings. The molecule has 0 aliphatic carbocycles. The monoisotopic (exact) mass is 545 g/mol. The zero-order valence-electron chi connectivity index (χ0n) is 21.9. The van der Waals surface area contributed by atoms with E-state index in [1.165, 1.54) is 5.56 Å². The lowest BCUT2D eigenvalue weighted by Gasteiger charge is -2.12. The van der Waals surface area contributed by atoms with E-state index in [-0.39, 0.29) is 12.5 Å². The summed E-state index contributed by atoms with van der Waals surface area (Å²) in [5.74, 6) is 1.43. The number of rotatable bonds is 9. The molecule has 5 aromatic carbocycles. The third kappa shape index (κ3) is 5.85. The van der Waals surface area contributed by atoms with Crippen molar-refractivity contribution in [3.05, 3.63) is 143 Å². The minimum atomic E-state index is -0.115. The molecule has 0 radical (unpaired) electrons. The van der Waals surface area contributed by atoms with E-state index in [0.29, 0.717) is 23.7 Å². The Morgan fingerprint density at radius 1 is 0.800 bits per heavy atom. The van der Waals surface area contributed by atoms with Gasteiger partial charge in [-0.15, -0.1) is 0 Å². The molecule has 6 heteroatoms. The Bertz CT molecular complexity index is 1800. The molecule has 0 unspecified atom stereocenters. The number of carbonyl (C=O) groups excluding carboxylic acids is 1. The van der Waals surface area contributed by atoms with E-state index < -0.39 is 0 Å². The van der Waals surface area contributed by atoms with Gasteiger partial charge in [-0.05, 0) is 70.8 Å². The van der Waals surface area contributed by atoms with Crippen molar-refractivity contribution < 1.29 is 9.53 Å². The van der Waals surface area contributed by atoms with Crippen molar-refractivity contribution in [1.29, 1.82) is 0 Å². The molecule has 0 aliphatic rings. The molecule has 0 fully saturated rings. The minimum Gasteiger partial charge on any atom is -0.486 e. The number of carbonyl (C=O) groups is 1. The molecule has 1 heterocycles. The molecular weight excluding hydrogens is 518 g/mol. The highest BCUT2D eigenvalue weighted by atomic mass is 35.5. The van der Waals surface area contributed by atoms with Crippen LogP contribution >= 0.6 is 11.6 Å². The maximum Gasteiger partial charge on any atom is 0.251 e. The first kappa shape index (κ1) is 25.7. The quantitative estimate of drug-likeness (QED) is 0.205. The molecule has 6 rings (SSSR count). The normalized spacial score (nSPS) is 11.1. The van der Waals surface area contributed by atoms with Gasteiger partial charge in [0, 0.05) is 23.7 Å². The third-order valence-corrected chi connectivity index (χ3v) is 7.19. The topological polar surface area (TPSA) is 56.1 Å². The second kappa shape index (κ2) is 11.6. The molecule has 0 aliphatic heterocycles. The maximum atomic E-state index is 12.9. The zero-order valence-corrected chi connectivity index (χ0v) is 22.6. The Balaban J connectivity index is 1.25. The fraction of sp³-hybridized carbons (Fsp3) is 0.118. The van der Waals surface area contributed by atoms with Gasteiger partial charge in [0.1, 0.15) is 18.2 Å². The van der Waals surface area contributed by atoms with Gasteiger partial charge in [-0.3, -0.25) is 4.79 Å². The van der Waals surface area contributed by atoms with E-state index in [2.05, 4.69) is 40.2 Å². The molecular formula is C34H28ClN3O2. The number of nitrogens with zero attached hydrogens (tertiary/aromatic N) is 2. The van der Waals surface area contributed by atoms with E-state index in [4.69, 9.17) is 21.3 Å². The van der Waals surface area contributed by atoms with Crippen molar-refractivity contribution in [3.8, 4) is 5.75 Å². The lowest BCUT2D eigenvalue weighted by Crippen LogP contribution is -2.25. The van der Waals surface area contributed by atoms with Gasteiger partial charge in [-0.25, -0.2) is 4.98 Å². The van der Waals surface area contributed by atoms with Gasteiger partial charge in [-0.2, -0.15) is 0 Å². The smallest absolute Gasteiger partial charge is 0.251 e. The van der Waals surface area contributed by atoms with E-state index in [9.17, 15) is 4.79 Å². The van der Waals surface area contributed by atoms with Crippen LogP contribution in [0.25, 0.3) is 21.8 Å². The van der Waals surface area contributed by atoms with Crippen LogP contribution in [0.4, 0.5) is 0 Å². The van der Waals surface area contributed by atoms with E-state index in [1.807, 2.05) is 84.9 Å². The number of benzene rings is 5. The summed E-state index contributed by atoms with van der Waals surface area (Å²) in [5.41, 5.74) is 4.50. The second-order valence-electron chi connectivity index (χ2n) is 9.74. The summed E-state index contributed by atoms with van der Waals surface area (Å²) in [6.45, 7) is 1.43. The standard InChI is InChI=1S/C34H28ClN3O2/c35-29-12-6-9-25(19-29)22-38-32-16-14-28(34(39)36-18-17-24-7-2-1-3-8-24)21-31(32)37-33(38)23-40-30-15-13-26-10-4-5-11-27(26)20-30/h1-16,19-21H,17-18,22-23H2,(H,36,39). The van der Waals surface area contributed by atoms with E-state index in [1.54, 1.807) is 0 Å². The summed E-state index contributed by atoms with van der Waals surface area (Å²) in [5, 5.41) is 6.00. The molecule has 1 aromatic heterocycles. The van der Waals surface area contributed by atoms with Crippen LogP contribution in [0.5, 0.6) is 5.75 Å². The highest BCUT2D eigenvalue weighted by Gasteiger charge is 2.15. The molecule has 0 saturated heterocycles. The van der Waals surface area contributed by atoms with E-state index in [0.717, 1.165) is 45.4 Å². The molecule has 40 heavy (non-hydrogen) atoms. The number of ether oxygens (including phenoxy) is 1. The van der Waals surface area contributed by atoms with Gasteiger partial charge < -0.3 is 14.6 Å². The van der Waals surface area contributed by atoms with Crippen molar-refractivity contribution in [2.45, 2.75) is 19.6 Å². The van der Waals surface area contributed by atoms with Crippen molar-refractivity contribution in [2.75, 3.05) is 6.54 Å².